The average molecular weight is 247 g/mol. The van der Waals surface area contributed by atoms with Crippen molar-refractivity contribution < 1.29 is 20.1 Å². The molecule has 1 aromatic rings. The summed E-state index contributed by atoms with van der Waals surface area (Å²) in [5, 5.41) is 27.5. The molecule has 0 aliphatic rings. The number of hydrogen-bond acceptors (Lipinski definition) is 5. The number of anilines is 1. The van der Waals surface area contributed by atoms with Crippen LogP contribution in [0.25, 0.3) is 0 Å². The number of aliphatic hydroxyl groups excluding tert-OH is 2. The van der Waals surface area contributed by atoms with Gasteiger partial charge < -0.3 is 21.1 Å². The van der Waals surface area contributed by atoms with E-state index in [1.165, 1.54) is 12.3 Å². The van der Waals surface area contributed by atoms with Gasteiger partial charge in [0.25, 0.3) is 0 Å². The van der Waals surface area contributed by atoms with Crippen LogP contribution in [0.2, 0.25) is 5.15 Å². The Kier molecular flexibility index (Phi) is 4.05. The maximum absolute atomic E-state index is 10.4. The Morgan fingerprint density at radius 3 is 2.75 bits per heavy atom. The third kappa shape index (κ3) is 3.06. The average Bonchev–Trinajstić information content (AvgIpc) is 2.19. The van der Waals surface area contributed by atoms with Crippen LogP contribution in [0.5, 0.6) is 0 Å². The lowest BCUT2D eigenvalue weighted by Crippen LogP contribution is -2.22. The highest BCUT2D eigenvalue weighted by Gasteiger charge is 2.23. The Labute approximate surface area is 96.3 Å². The van der Waals surface area contributed by atoms with Crippen molar-refractivity contribution in [3.05, 3.63) is 23.0 Å². The van der Waals surface area contributed by atoms with Crippen LogP contribution in [0.4, 0.5) is 5.69 Å². The third-order valence-corrected chi connectivity index (χ3v) is 2.27. The number of nitrogens with zero attached hydrogens (tertiary/aromatic N) is 1. The molecular weight excluding hydrogens is 236 g/mol. The first kappa shape index (κ1) is 12.7. The molecule has 16 heavy (non-hydrogen) atoms. The second-order valence-electron chi connectivity index (χ2n) is 3.26. The molecule has 7 heteroatoms. The lowest BCUT2D eigenvalue weighted by Gasteiger charge is -2.17. The maximum atomic E-state index is 10.4. The minimum atomic E-state index is -1.46. The molecule has 0 fully saturated rings. The first-order valence-corrected chi connectivity index (χ1v) is 4.78. The summed E-state index contributed by atoms with van der Waals surface area (Å²) in [4.78, 5) is 14.0. The number of halogens is 1. The lowest BCUT2D eigenvalue weighted by molar-refractivity contribution is -0.141. The summed E-state index contributed by atoms with van der Waals surface area (Å²) in [7, 11) is 0. The largest absolute Gasteiger partial charge is 0.481 e. The second kappa shape index (κ2) is 5.11. The molecule has 0 radical (unpaired) electrons. The van der Waals surface area contributed by atoms with Crippen molar-refractivity contribution in [1.29, 1.82) is 0 Å². The first-order valence-electron chi connectivity index (χ1n) is 4.40. The topological polar surface area (TPSA) is 117 Å². The minimum Gasteiger partial charge on any atom is -0.481 e. The number of rotatable bonds is 4. The molecule has 0 aliphatic heterocycles. The van der Waals surface area contributed by atoms with Gasteiger partial charge in [0.1, 0.15) is 11.3 Å². The fourth-order valence-electron chi connectivity index (χ4n) is 1.19. The van der Waals surface area contributed by atoms with Gasteiger partial charge in [-0.05, 0) is 6.07 Å². The van der Waals surface area contributed by atoms with Crippen molar-refractivity contribution in [3.63, 3.8) is 0 Å². The van der Waals surface area contributed by atoms with Crippen LogP contribution < -0.4 is 5.73 Å². The van der Waals surface area contributed by atoms with Crippen molar-refractivity contribution in [2.45, 2.75) is 18.6 Å². The molecule has 0 bridgehead atoms. The van der Waals surface area contributed by atoms with Crippen molar-refractivity contribution in [3.8, 4) is 0 Å². The van der Waals surface area contributed by atoms with Gasteiger partial charge in [0.2, 0.25) is 0 Å². The minimum absolute atomic E-state index is 0.0221. The normalized spacial score (nSPS) is 14.4. The fourth-order valence-corrected chi connectivity index (χ4v) is 1.40. The van der Waals surface area contributed by atoms with Crippen molar-refractivity contribution >= 4 is 23.3 Å². The molecule has 0 amide bonds. The zero-order chi connectivity index (χ0) is 12.3. The highest BCUT2D eigenvalue weighted by molar-refractivity contribution is 6.30. The van der Waals surface area contributed by atoms with Crippen molar-refractivity contribution in [2.24, 2.45) is 0 Å². The summed E-state index contributed by atoms with van der Waals surface area (Å²) in [6.45, 7) is 0. The van der Waals surface area contributed by atoms with E-state index < -0.39 is 24.6 Å². The van der Waals surface area contributed by atoms with Gasteiger partial charge in [-0.15, -0.1) is 0 Å². The van der Waals surface area contributed by atoms with E-state index in [0.717, 1.165) is 0 Å². The van der Waals surface area contributed by atoms with E-state index >= 15 is 0 Å². The van der Waals surface area contributed by atoms with E-state index in [2.05, 4.69) is 4.98 Å². The molecule has 1 rings (SSSR count). The van der Waals surface area contributed by atoms with Gasteiger partial charge in [0.05, 0.1) is 24.4 Å². The maximum Gasteiger partial charge on any atom is 0.306 e. The van der Waals surface area contributed by atoms with E-state index in [0.29, 0.717) is 0 Å². The Hall–Kier alpha value is -1.37. The number of aliphatic carboxylic acids is 1. The fraction of sp³-hybridized carbons (Fsp3) is 0.333. The summed E-state index contributed by atoms with van der Waals surface area (Å²) in [5.41, 5.74) is 5.81. The number of nitrogen functional groups attached to an aromatic ring is 1. The molecule has 6 nitrogen and oxygen atoms in total. The van der Waals surface area contributed by atoms with Crippen LogP contribution in [0.1, 0.15) is 18.1 Å². The molecule has 1 aromatic heterocycles. The molecule has 88 valence electrons. The van der Waals surface area contributed by atoms with Gasteiger partial charge in [0.15, 0.2) is 0 Å². The summed E-state index contributed by atoms with van der Waals surface area (Å²) in [6.07, 6.45) is -2.19. The predicted octanol–water partition coefficient (Wildman–Crippen LogP) is 0.186. The molecular formula is C9H11ClN2O4. The Bertz CT molecular complexity index is 399. The predicted molar refractivity (Wildman–Crippen MR) is 56.9 cm³/mol. The zero-order valence-electron chi connectivity index (χ0n) is 8.17. The number of hydrogen-bond donors (Lipinski definition) is 4. The van der Waals surface area contributed by atoms with Gasteiger partial charge >= 0.3 is 5.97 Å². The smallest absolute Gasteiger partial charge is 0.306 e. The van der Waals surface area contributed by atoms with E-state index in [4.69, 9.17) is 22.4 Å². The highest BCUT2D eigenvalue weighted by atomic mass is 35.5. The SMILES string of the molecule is Nc1cnc(Cl)c(C(O)C(O)CC(=O)O)c1. The number of pyridine rings is 1. The lowest BCUT2D eigenvalue weighted by atomic mass is 10.0. The van der Waals surface area contributed by atoms with Crippen LogP contribution >= 0.6 is 11.6 Å². The zero-order valence-corrected chi connectivity index (χ0v) is 8.92. The monoisotopic (exact) mass is 246 g/mol. The number of nitrogens with two attached hydrogens (primary N) is 1. The number of aromatic nitrogens is 1. The standard InChI is InChI=1S/C9H11ClN2O4/c10-9-5(1-4(11)3-12-9)8(16)6(13)2-7(14)15/h1,3,6,8,13,16H,2,11H2,(H,14,15). The molecule has 5 N–H and O–H groups in total. The van der Waals surface area contributed by atoms with Crippen LogP contribution in [0, 0.1) is 0 Å². The molecule has 0 spiro atoms. The Balaban J connectivity index is 2.90. The van der Waals surface area contributed by atoms with Gasteiger partial charge in [-0.25, -0.2) is 4.98 Å². The molecule has 1 heterocycles. The third-order valence-electron chi connectivity index (χ3n) is 1.95. The van der Waals surface area contributed by atoms with Gasteiger partial charge in [-0.2, -0.15) is 0 Å². The molecule has 0 saturated carbocycles. The van der Waals surface area contributed by atoms with E-state index in [-0.39, 0.29) is 16.4 Å². The van der Waals surface area contributed by atoms with Crippen LogP contribution in [0.15, 0.2) is 12.3 Å². The van der Waals surface area contributed by atoms with E-state index in [1.807, 2.05) is 0 Å². The van der Waals surface area contributed by atoms with Gasteiger partial charge in [-0.3, -0.25) is 4.79 Å². The van der Waals surface area contributed by atoms with E-state index in [9.17, 15) is 15.0 Å². The van der Waals surface area contributed by atoms with Crippen molar-refractivity contribution in [2.75, 3.05) is 5.73 Å². The first-order chi connectivity index (χ1) is 7.41. The highest BCUT2D eigenvalue weighted by Crippen LogP contribution is 2.26. The summed E-state index contributed by atoms with van der Waals surface area (Å²) >= 11 is 5.69. The number of carboxylic acid groups (broad SMARTS) is 1. The molecule has 2 unspecified atom stereocenters. The van der Waals surface area contributed by atoms with Crippen LogP contribution in [-0.2, 0) is 4.79 Å². The molecule has 0 aromatic carbocycles. The molecule has 2 atom stereocenters. The molecule has 0 saturated heterocycles. The Morgan fingerprint density at radius 2 is 2.19 bits per heavy atom. The van der Waals surface area contributed by atoms with Gasteiger partial charge in [0, 0.05) is 5.56 Å². The summed E-state index contributed by atoms with van der Waals surface area (Å²) in [5.74, 6) is -1.22. The Morgan fingerprint density at radius 1 is 1.56 bits per heavy atom. The van der Waals surface area contributed by atoms with Crippen LogP contribution in [-0.4, -0.2) is 32.4 Å². The number of carbonyl (C=O) groups is 1. The second-order valence-corrected chi connectivity index (χ2v) is 3.62. The summed E-state index contributed by atoms with van der Waals surface area (Å²) < 4.78 is 0. The van der Waals surface area contributed by atoms with Gasteiger partial charge in [-0.1, -0.05) is 11.6 Å². The van der Waals surface area contributed by atoms with Crippen molar-refractivity contribution in [1.82, 2.24) is 4.98 Å². The quantitative estimate of drug-likeness (QED) is 0.564. The summed E-state index contributed by atoms with van der Waals surface area (Å²) in [6, 6.07) is 1.34. The number of carboxylic acids is 1. The van der Waals surface area contributed by atoms with E-state index in [1.54, 1.807) is 0 Å². The van der Waals surface area contributed by atoms with Crippen LogP contribution in [0.3, 0.4) is 0 Å². The molecule has 0 aliphatic carbocycles. The number of aliphatic hydroxyl groups is 2.